The van der Waals surface area contributed by atoms with Crippen molar-refractivity contribution in [2.45, 2.75) is 44.3 Å². The highest BCUT2D eigenvalue weighted by atomic mass is 19.1. The number of aromatic nitrogens is 4. The lowest BCUT2D eigenvalue weighted by atomic mass is 9.93. The third-order valence-electron chi connectivity index (χ3n) is 6.28. The first-order valence-electron chi connectivity index (χ1n) is 10.9. The van der Waals surface area contributed by atoms with Crippen molar-refractivity contribution in [3.63, 3.8) is 0 Å². The van der Waals surface area contributed by atoms with Crippen LogP contribution in [0.1, 0.15) is 49.0 Å². The number of alkyl halides is 1. The molecule has 2 fully saturated rings. The zero-order chi connectivity index (χ0) is 23.2. The van der Waals surface area contributed by atoms with Gasteiger partial charge in [-0.1, -0.05) is 0 Å². The minimum absolute atomic E-state index is 0.0178. The number of nitrogens with zero attached hydrogens (tertiary/aromatic N) is 5. The van der Waals surface area contributed by atoms with Gasteiger partial charge in [0.05, 0.1) is 24.3 Å². The molecule has 7 nitrogen and oxygen atoms in total. The van der Waals surface area contributed by atoms with Crippen molar-refractivity contribution in [3.05, 3.63) is 54.1 Å². The standard InChI is InChI=1S/C23H23F3N6O/c1-23(26)7-8-31(12-23)21-20(19(27-13-28-21)17-9-15(24)5-6-18(17)25)30-22(33)14-10-29-32(11-14)16-3-2-4-16/h5-6,9-11,13,16H,2-4,7-8,12H2,1H3,(H,30,33). The Balaban J connectivity index is 1.55. The van der Waals surface area contributed by atoms with E-state index in [2.05, 4.69) is 20.4 Å². The first-order chi connectivity index (χ1) is 15.8. The number of benzene rings is 1. The summed E-state index contributed by atoms with van der Waals surface area (Å²) in [5.41, 5.74) is -1.12. The highest BCUT2D eigenvalue weighted by Crippen LogP contribution is 2.38. The predicted octanol–water partition coefficient (Wildman–Crippen LogP) is 4.53. The highest BCUT2D eigenvalue weighted by molar-refractivity contribution is 6.07. The lowest BCUT2D eigenvalue weighted by molar-refractivity contribution is 0.102. The SMILES string of the molecule is CC1(F)CCN(c2ncnc(-c3cc(F)ccc3F)c2NC(=O)c2cnn(C3CCC3)c2)C1. The summed E-state index contributed by atoms with van der Waals surface area (Å²) >= 11 is 0. The van der Waals surface area contributed by atoms with Crippen LogP contribution in [0.25, 0.3) is 11.3 Å². The molecule has 0 spiro atoms. The van der Waals surface area contributed by atoms with Crippen LogP contribution in [-0.4, -0.2) is 44.4 Å². The van der Waals surface area contributed by atoms with Gasteiger partial charge in [-0.3, -0.25) is 9.48 Å². The Morgan fingerprint density at radius 2 is 2.06 bits per heavy atom. The van der Waals surface area contributed by atoms with E-state index in [1.807, 2.05) is 0 Å². The van der Waals surface area contributed by atoms with Crippen LogP contribution in [-0.2, 0) is 0 Å². The van der Waals surface area contributed by atoms with E-state index in [1.54, 1.807) is 15.8 Å². The zero-order valence-electron chi connectivity index (χ0n) is 18.1. The summed E-state index contributed by atoms with van der Waals surface area (Å²) in [5.74, 6) is -1.59. The van der Waals surface area contributed by atoms with Crippen molar-refractivity contribution in [1.29, 1.82) is 0 Å². The zero-order valence-corrected chi connectivity index (χ0v) is 18.1. The molecular formula is C23H23F3N6O. The summed E-state index contributed by atoms with van der Waals surface area (Å²) in [7, 11) is 0. The van der Waals surface area contributed by atoms with Gasteiger partial charge >= 0.3 is 0 Å². The van der Waals surface area contributed by atoms with Crippen LogP contribution >= 0.6 is 0 Å². The number of nitrogens with one attached hydrogen (secondary N) is 1. The molecule has 3 heterocycles. The molecule has 1 aliphatic carbocycles. The fraction of sp³-hybridized carbons (Fsp3) is 0.391. The first-order valence-corrected chi connectivity index (χ1v) is 10.9. The molecule has 1 aliphatic heterocycles. The Labute approximate surface area is 188 Å². The van der Waals surface area contributed by atoms with Gasteiger partial charge < -0.3 is 10.2 Å². The number of hydrogen-bond donors (Lipinski definition) is 1. The number of anilines is 2. The van der Waals surface area contributed by atoms with E-state index in [1.165, 1.54) is 19.4 Å². The number of hydrogen-bond acceptors (Lipinski definition) is 5. The van der Waals surface area contributed by atoms with E-state index < -0.39 is 23.2 Å². The maximum Gasteiger partial charge on any atom is 0.259 e. The maximum absolute atomic E-state index is 14.6. The third kappa shape index (κ3) is 4.17. The van der Waals surface area contributed by atoms with Crippen LogP contribution in [0.15, 0.2) is 36.9 Å². The van der Waals surface area contributed by atoms with Gasteiger partial charge in [-0.05, 0) is 44.4 Å². The second-order valence-electron chi connectivity index (χ2n) is 8.88. The maximum atomic E-state index is 14.6. The van der Waals surface area contributed by atoms with E-state index >= 15 is 0 Å². The van der Waals surface area contributed by atoms with E-state index in [0.29, 0.717) is 12.1 Å². The summed E-state index contributed by atoms with van der Waals surface area (Å²) in [6.45, 7) is 1.91. The third-order valence-corrected chi connectivity index (χ3v) is 6.28. The van der Waals surface area contributed by atoms with Gasteiger partial charge in [-0.2, -0.15) is 5.10 Å². The summed E-state index contributed by atoms with van der Waals surface area (Å²) in [6.07, 6.45) is 7.77. The lowest BCUT2D eigenvalue weighted by Gasteiger charge is -2.25. The van der Waals surface area contributed by atoms with Gasteiger partial charge in [-0.15, -0.1) is 0 Å². The molecule has 0 bridgehead atoms. The van der Waals surface area contributed by atoms with Crippen LogP contribution in [0.5, 0.6) is 0 Å². The van der Waals surface area contributed by atoms with Crippen molar-refractivity contribution in [1.82, 2.24) is 19.7 Å². The van der Waals surface area contributed by atoms with Crippen LogP contribution in [0.2, 0.25) is 0 Å². The second-order valence-corrected chi connectivity index (χ2v) is 8.88. The molecule has 3 aromatic rings. The van der Waals surface area contributed by atoms with Gasteiger partial charge in [0.25, 0.3) is 5.91 Å². The number of halogens is 3. The van der Waals surface area contributed by atoms with Gasteiger partial charge in [0.1, 0.15) is 35.0 Å². The van der Waals surface area contributed by atoms with Crippen molar-refractivity contribution in [3.8, 4) is 11.3 Å². The first kappa shape index (κ1) is 21.4. The minimum atomic E-state index is -1.43. The largest absolute Gasteiger partial charge is 0.351 e. The van der Waals surface area contributed by atoms with Crippen LogP contribution < -0.4 is 10.2 Å². The smallest absolute Gasteiger partial charge is 0.259 e. The van der Waals surface area contributed by atoms with E-state index in [9.17, 15) is 18.0 Å². The highest BCUT2D eigenvalue weighted by Gasteiger charge is 2.36. The molecule has 1 N–H and O–H groups in total. The quantitative estimate of drug-likeness (QED) is 0.610. The van der Waals surface area contributed by atoms with Crippen LogP contribution in [0.4, 0.5) is 24.7 Å². The number of amides is 1. The van der Waals surface area contributed by atoms with Crippen molar-refractivity contribution < 1.29 is 18.0 Å². The molecular weight excluding hydrogens is 433 g/mol. The van der Waals surface area contributed by atoms with Crippen molar-refractivity contribution in [2.24, 2.45) is 0 Å². The summed E-state index contributed by atoms with van der Waals surface area (Å²) < 4.78 is 44.9. The fourth-order valence-corrected chi connectivity index (χ4v) is 4.21. The number of rotatable bonds is 5. The topological polar surface area (TPSA) is 75.9 Å². The summed E-state index contributed by atoms with van der Waals surface area (Å²) in [4.78, 5) is 23.2. The lowest BCUT2D eigenvalue weighted by Crippen LogP contribution is -2.28. The Kier molecular flexibility index (Phi) is 5.30. The Hall–Kier alpha value is -3.43. The van der Waals surface area contributed by atoms with Gasteiger partial charge in [0.15, 0.2) is 5.82 Å². The average molecular weight is 456 g/mol. The summed E-state index contributed by atoms with van der Waals surface area (Å²) in [6, 6.07) is 3.29. The van der Waals surface area contributed by atoms with E-state index in [0.717, 1.165) is 37.5 Å². The second kappa shape index (κ2) is 8.17. The predicted molar refractivity (Wildman–Crippen MR) is 117 cm³/mol. The monoisotopic (exact) mass is 456 g/mol. The Bertz CT molecular complexity index is 1210. The van der Waals surface area contributed by atoms with Crippen LogP contribution in [0, 0.1) is 11.6 Å². The number of carbonyl (C=O) groups is 1. The van der Waals surface area contributed by atoms with E-state index in [-0.39, 0.29) is 41.8 Å². The normalized spacial score (nSPS) is 20.7. The molecule has 0 radical (unpaired) electrons. The van der Waals surface area contributed by atoms with Crippen molar-refractivity contribution in [2.75, 3.05) is 23.3 Å². The molecule has 1 saturated carbocycles. The molecule has 172 valence electrons. The molecule has 5 rings (SSSR count). The molecule has 1 saturated heterocycles. The van der Waals surface area contributed by atoms with Crippen molar-refractivity contribution >= 4 is 17.4 Å². The fourth-order valence-electron chi connectivity index (χ4n) is 4.21. The summed E-state index contributed by atoms with van der Waals surface area (Å²) in [5, 5.41) is 7.04. The Morgan fingerprint density at radius 1 is 1.24 bits per heavy atom. The molecule has 1 atom stereocenters. The minimum Gasteiger partial charge on any atom is -0.351 e. The average Bonchev–Trinajstić information content (AvgIpc) is 3.35. The molecule has 1 unspecified atom stereocenters. The molecule has 10 heteroatoms. The molecule has 2 aromatic heterocycles. The molecule has 1 aromatic carbocycles. The molecule has 1 amide bonds. The molecule has 33 heavy (non-hydrogen) atoms. The van der Waals surface area contributed by atoms with Gasteiger partial charge in [0.2, 0.25) is 0 Å². The van der Waals surface area contributed by atoms with Gasteiger partial charge in [0, 0.05) is 24.7 Å². The van der Waals surface area contributed by atoms with Gasteiger partial charge in [-0.25, -0.2) is 23.1 Å². The Morgan fingerprint density at radius 3 is 2.76 bits per heavy atom. The number of carbonyl (C=O) groups excluding carboxylic acids is 1. The van der Waals surface area contributed by atoms with Crippen LogP contribution in [0.3, 0.4) is 0 Å². The molecule has 2 aliphatic rings. The van der Waals surface area contributed by atoms with E-state index in [4.69, 9.17) is 0 Å².